The molecule has 0 amide bonds. The third-order valence-electron chi connectivity index (χ3n) is 5.04. The van der Waals surface area contributed by atoms with E-state index in [-0.39, 0.29) is 0 Å². The summed E-state index contributed by atoms with van der Waals surface area (Å²) < 4.78 is 0. The largest absolute Gasteiger partial charge is 0.473 e. The Morgan fingerprint density at radius 1 is 0.605 bits per heavy atom. The van der Waals surface area contributed by atoms with Crippen molar-refractivity contribution in [1.29, 1.82) is 0 Å². The van der Waals surface area contributed by atoms with Gasteiger partial charge in [-0.05, 0) is 57.6 Å². The molecule has 0 bridgehead atoms. The molecule has 6 N–H and O–H groups in total. The standard InChI is InChI=1S/C16H26N4.3C2H2O4/c1-2-7-17-16(6-1)20-14-12-19(13-15-20)11-5-10-18-8-3-4-9-18;3*3-1(4)2(5)6/h1-2,6-7H,3-5,8-15H2;3*(H,3,4)(H,5,6). The Balaban J connectivity index is 0.000000626. The molecule has 2 saturated heterocycles. The van der Waals surface area contributed by atoms with Crippen molar-refractivity contribution in [1.82, 2.24) is 14.8 Å². The number of carbonyl (C=O) groups is 6. The van der Waals surface area contributed by atoms with Gasteiger partial charge in [-0.1, -0.05) is 6.07 Å². The van der Waals surface area contributed by atoms with E-state index < -0.39 is 35.8 Å². The van der Waals surface area contributed by atoms with Gasteiger partial charge < -0.3 is 40.4 Å². The van der Waals surface area contributed by atoms with E-state index >= 15 is 0 Å². The Labute approximate surface area is 217 Å². The minimum Gasteiger partial charge on any atom is -0.473 e. The topological polar surface area (TPSA) is 246 Å². The molecule has 2 aliphatic rings. The number of piperazine rings is 1. The number of pyridine rings is 1. The number of nitrogens with zero attached hydrogens (tertiary/aromatic N) is 4. The quantitative estimate of drug-likeness (QED) is 0.247. The van der Waals surface area contributed by atoms with E-state index in [0.29, 0.717) is 0 Å². The lowest BCUT2D eigenvalue weighted by Gasteiger charge is -2.35. The Hall–Kier alpha value is -4.31. The number of hydrogen-bond acceptors (Lipinski definition) is 10. The molecule has 0 spiro atoms. The highest BCUT2D eigenvalue weighted by Gasteiger charge is 2.18. The number of rotatable bonds is 5. The Morgan fingerprint density at radius 3 is 1.34 bits per heavy atom. The molecular weight excluding hydrogens is 512 g/mol. The van der Waals surface area contributed by atoms with Gasteiger partial charge in [-0.25, -0.2) is 33.8 Å². The first-order chi connectivity index (χ1) is 17.8. The highest BCUT2D eigenvalue weighted by atomic mass is 16.5. The summed E-state index contributed by atoms with van der Waals surface area (Å²) in [5.74, 6) is -9.82. The third-order valence-corrected chi connectivity index (χ3v) is 5.04. The molecule has 16 heteroatoms. The van der Waals surface area contributed by atoms with Gasteiger partial charge in [-0.2, -0.15) is 0 Å². The number of anilines is 1. The van der Waals surface area contributed by atoms with Crippen LogP contribution in [0.15, 0.2) is 24.4 Å². The van der Waals surface area contributed by atoms with Gasteiger partial charge in [0.2, 0.25) is 0 Å². The molecule has 3 rings (SSSR count). The summed E-state index contributed by atoms with van der Waals surface area (Å²) in [5.41, 5.74) is 0. The van der Waals surface area contributed by atoms with Gasteiger partial charge in [0.1, 0.15) is 5.82 Å². The number of carboxylic acids is 6. The summed E-state index contributed by atoms with van der Waals surface area (Å²) in [7, 11) is 0. The van der Waals surface area contributed by atoms with E-state index in [0.717, 1.165) is 18.9 Å². The van der Waals surface area contributed by atoms with Gasteiger partial charge >= 0.3 is 35.8 Å². The molecule has 0 unspecified atom stereocenters. The fourth-order valence-electron chi connectivity index (χ4n) is 3.27. The molecule has 0 saturated carbocycles. The van der Waals surface area contributed by atoms with Gasteiger partial charge in [0.15, 0.2) is 0 Å². The number of hydrogen-bond donors (Lipinski definition) is 6. The summed E-state index contributed by atoms with van der Waals surface area (Å²) >= 11 is 0. The van der Waals surface area contributed by atoms with Crippen molar-refractivity contribution in [3.8, 4) is 0 Å². The van der Waals surface area contributed by atoms with Crippen LogP contribution in [-0.4, -0.2) is 134 Å². The SMILES string of the molecule is O=C(O)C(=O)O.O=C(O)C(=O)O.O=C(O)C(=O)O.c1ccc(N2CCN(CCCN3CCCC3)CC2)nc1. The summed E-state index contributed by atoms with van der Waals surface area (Å²) in [6.07, 6.45) is 6.02. The summed E-state index contributed by atoms with van der Waals surface area (Å²) in [4.78, 5) is 66.7. The molecule has 0 atom stereocenters. The number of aliphatic carboxylic acids is 6. The van der Waals surface area contributed by atoms with Gasteiger partial charge in [0.25, 0.3) is 0 Å². The van der Waals surface area contributed by atoms with E-state index in [2.05, 4.69) is 31.8 Å². The van der Waals surface area contributed by atoms with Crippen molar-refractivity contribution in [2.75, 3.05) is 57.3 Å². The summed E-state index contributed by atoms with van der Waals surface area (Å²) in [5, 5.41) is 44.3. The number of likely N-dealkylation sites (tertiary alicyclic amines) is 1. The number of aromatic nitrogens is 1. The average molecular weight is 545 g/mol. The maximum absolute atomic E-state index is 9.10. The molecule has 0 radical (unpaired) electrons. The van der Waals surface area contributed by atoms with Crippen LogP contribution in [0.4, 0.5) is 5.82 Å². The molecular formula is C22H32N4O12. The Kier molecular flexibility index (Phi) is 16.7. The molecule has 3 heterocycles. The van der Waals surface area contributed by atoms with Crippen molar-refractivity contribution in [3.63, 3.8) is 0 Å². The molecule has 0 aliphatic carbocycles. The molecule has 0 aromatic carbocycles. The molecule has 1 aromatic heterocycles. The van der Waals surface area contributed by atoms with Gasteiger partial charge in [-0.3, -0.25) is 4.90 Å². The Bertz CT molecular complexity index is 821. The maximum atomic E-state index is 9.10. The lowest BCUT2D eigenvalue weighted by atomic mass is 10.2. The normalized spacial score (nSPS) is 14.8. The first-order valence-electron chi connectivity index (χ1n) is 11.3. The lowest BCUT2D eigenvalue weighted by Crippen LogP contribution is -2.47. The monoisotopic (exact) mass is 544 g/mol. The minimum absolute atomic E-state index is 1.11. The molecule has 212 valence electrons. The molecule has 2 aliphatic heterocycles. The van der Waals surface area contributed by atoms with Crippen LogP contribution in [0.3, 0.4) is 0 Å². The van der Waals surface area contributed by atoms with Crippen LogP contribution in [0.25, 0.3) is 0 Å². The molecule has 38 heavy (non-hydrogen) atoms. The van der Waals surface area contributed by atoms with Crippen molar-refractivity contribution in [3.05, 3.63) is 24.4 Å². The second-order valence-corrected chi connectivity index (χ2v) is 7.75. The minimum atomic E-state index is -1.82. The average Bonchev–Trinajstić information content (AvgIpc) is 3.39. The predicted octanol–water partition coefficient (Wildman–Crippen LogP) is -0.844. The van der Waals surface area contributed by atoms with Crippen LogP contribution in [0.1, 0.15) is 19.3 Å². The van der Waals surface area contributed by atoms with Crippen LogP contribution in [0.2, 0.25) is 0 Å². The van der Waals surface area contributed by atoms with Gasteiger partial charge in [0, 0.05) is 32.4 Å². The van der Waals surface area contributed by atoms with Gasteiger partial charge in [-0.15, -0.1) is 0 Å². The van der Waals surface area contributed by atoms with Crippen LogP contribution in [0, 0.1) is 0 Å². The lowest BCUT2D eigenvalue weighted by molar-refractivity contribution is -0.159. The first-order valence-corrected chi connectivity index (χ1v) is 11.3. The smallest absolute Gasteiger partial charge is 0.414 e. The zero-order valence-corrected chi connectivity index (χ0v) is 20.5. The summed E-state index contributed by atoms with van der Waals surface area (Å²) in [6, 6.07) is 6.17. The fourth-order valence-corrected chi connectivity index (χ4v) is 3.27. The van der Waals surface area contributed by atoms with E-state index in [1.165, 1.54) is 58.5 Å². The Morgan fingerprint density at radius 2 is 1.00 bits per heavy atom. The first kappa shape index (κ1) is 33.7. The van der Waals surface area contributed by atoms with Crippen molar-refractivity contribution in [2.45, 2.75) is 19.3 Å². The zero-order valence-electron chi connectivity index (χ0n) is 20.5. The van der Waals surface area contributed by atoms with Crippen molar-refractivity contribution >= 4 is 41.6 Å². The maximum Gasteiger partial charge on any atom is 0.414 e. The third kappa shape index (κ3) is 16.4. The van der Waals surface area contributed by atoms with E-state index in [9.17, 15) is 0 Å². The van der Waals surface area contributed by atoms with E-state index in [1.54, 1.807) is 0 Å². The van der Waals surface area contributed by atoms with E-state index in [1.807, 2.05) is 12.3 Å². The molecule has 2 fully saturated rings. The predicted molar refractivity (Wildman–Crippen MR) is 129 cm³/mol. The van der Waals surface area contributed by atoms with Crippen LogP contribution >= 0.6 is 0 Å². The second-order valence-electron chi connectivity index (χ2n) is 7.75. The van der Waals surface area contributed by atoms with Crippen LogP contribution < -0.4 is 4.90 Å². The highest BCUT2D eigenvalue weighted by Crippen LogP contribution is 2.13. The molecule has 16 nitrogen and oxygen atoms in total. The summed E-state index contributed by atoms with van der Waals surface area (Å²) in [6.45, 7) is 9.78. The van der Waals surface area contributed by atoms with Crippen LogP contribution in [-0.2, 0) is 28.8 Å². The van der Waals surface area contributed by atoms with Crippen LogP contribution in [0.5, 0.6) is 0 Å². The molecule has 1 aromatic rings. The van der Waals surface area contributed by atoms with Gasteiger partial charge in [0.05, 0.1) is 0 Å². The zero-order chi connectivity index (χ0) is 29.1. The van der Waals surface area contributed by atoms with Crippen molar-refractivity contribution < 1.29 is 59.4 Å². The van der Waals surface area contributed by atoms with Crippen molar-refractivity contribution in [2.24, 2.45) is 0 Å². The van der Waals surface area contributed by atoms with E-state index in [4.69, 9.17) is 59.4 Å². The number of carboxylic acid groups (broad SMARTS) is 6. The fraction of sp³-hybridized carbons (Fsp3) is 0.500. The second kappa shape index (κ2) is 18.9. The highest BCUT2D eigenvalue weighted by molar-refractivity contribution is 6.28.